The van der Waals surface area contributed by atoms with E-state index in [-0.39, 0.29) is 11.3 Å². The van der Waals surface area contributed by atoms with E-state index in [1.54, 1.807) is 0 Å². The molecule has 0 spiro atoms. The number of H-pyrrole nitrogens is 1. The minimum Gasteiger partial charge on any atom is -0.422 e. The first-order valence-electron chi connectivity index (χ1n) is 14.3. The summed E-state index contributed by atoms with van der Waals surface area (Å²) in [5, 5.41) is 1.16. The van der Waals surface area contributed by atoms with Gasteiger partial charge in [0, 0.05) is 43.6 Å². The third-order valence-electron chi connectivity index (χ3n) is 7.85. The number of hydrogen-bond donors (Lipinski definition) is 1. The molecular formula is C38H23NO4S2. The predicted molar refractivity (Wildman–Crippen MR) is 183 cm³/mol. The SMILES string of the molecule is O=c1oc2cc(SSc3cccc4c(-c5ccc(-c6c[nH]c7ccccc67)cc5)c(=O)oc-4c3)cccc-2c1-c1ccccc1. The molecule has 5 nitrogen and oxygen atoms in total. The first kappa shape index (κ1) is 27.3. The van der Waals surface area contributed by atoms with Crippen molar-refractivity contribution in [3.63, 3.8) is 0 Å². The van der Waals surface area contributed by atoms with Crippen LogP contribution in [0.2, 0.25) is 0 Å². The quantitative estimate of drug-likeness (QED) is 0.186. The van der Waals surface area contributed by atoms with Crippen molar-refractivity contribution in [2.45, 2.75) is 9.79 Å². The van der Waals surface area contributed by atoms with Gasteiger partial charge in [-0.25, -0.2) is 9.59 Å². The Labute approximate surface area is 265 Å². The largest absolute Gasteiger partial charge is 0.422 e. The molecule has 0 fully saturated rings. The van der Waals surface area contributed by atoms with Crippen LogP contribution in [0.3, 0.4) is 0 Å². The van der Waals surface area contributed by atoms with Crippen molar-refractivity contribution in [2.75, 3.05) is 0 Å². The zero-order chi connectivity index (χ0) is 30.3. The molecule has 0 amide bonds. The molecule has 7 heteroatoms. The lowest BCUT2D eigenvalue weighted by Gasteiger charge is -2.03. The van der Waals surface area contributed by atoms with E-state index >= 15 is 0 Å². The molecule has 1 aromatic heterocycles. The molecule has 216 valence electrons. The zero-order valence-electron chi connectivity index (χ0n) is 23.7. The molecule has 0 bridgehead atoms. The molecule has 8 rings (SSSR count). The van der Waals surface area contributed by atoms with Crippen molar-refractivity contribution in [3.8, 4) is 56.0 Å². The van der Waals surface area contributed by atoms with Crippen LogP contribution in [0.5, 0.6) is 0 Å². The van der Waals surface area contributed by atoms with E-state index in [0.717, 1.165) is 54.1 Å². The van der Waals surface area contributed by atoms with Crippen LogP contribution in [0, 0.1) is 0 Å². The molecule has 0 saturated carbocycles. The highest BCUT2D eigenvalue weighted by Crippen LogP contribution is 2.42. The van der Waals surface area contributed by atoms with E-state index in [4.69, 9.17) is 8.83 Å². The van der Waals surface area contributed by atoms with Crippen molar-refractivity contribution < 1.29 is 8.83 Å². The van der Waals surface area contributed by atoms with Crippen molar-refractivity contribution in [1.29, 1.82) is 0 Å². The van der Waals surface area contributed by atoms with Gasteiger partial charge < -0.3 is 13.8 Å². The average molecular weight is 622 g/mol. The summed E-state index contributed by atoms with van der Waals surface area (Å²) in [5.41, 5.74) is 6.85. The normalized spacial score (nSPS) is 11.5. The second-order valence-electron chi connectivity index (χ2n) is 10.6. The number of aromatic amines is 1. The molecule has 0 unspecified atom stereocenters. The first-order chi connectivity index (χ1) is 22.1. The van der Waals surface area contributed by atoms with Gasteiger partial charge in [0.25, 0.3) is 0 Å². The fourth-order valence-electron chi connectivity index (χ4n) is 5.73. The first-order valence-corrected chi connectivity index (χ1v) is 16.5. The molecule has 0 saturated heterocycles. The Morgan fingerprint density at radius 3 is 1.64 bits per heavy atom. The summed E-state index contributed by atoms with van der Waals surface area (Å²) in [6.07, 6.45) is 2.01. The number of aromatic nitrogens is 1. The number of furan rings is 2. The van der Waals surface area contributed by atoms with E-state index in [1.807, 2.05) is 121 Å². The summed E-state index contributed by atoms with van der Waals surface area (Å²) in [6.45, 7) is 0. The maximum Gasteiger partial charge on any atom is 0.344 e. The van der Waals surface area contributed by atoms with E-state index in [1.165, 1.54) is 21.6 Å². The van der Waals surface area contributed by atoms with Crippen LogP contribution in [0.4, 0.5) is 0 Å². The topological polar surface area (TPSA) is 76.2 Å². The number of para-hydroxylation sites is 1. The highest BCUT2D eigenvalue weighted by atomic mass is 33.1. The smallest absolute Gasteiger partial charge is 0.344 e. The van der Waals surface area contributed by atoms with Gasteiger partial charge in [0.05, 0.1) is 11.1 Å². The summed E-state index contributed by atoms with van der Waals surface area (Å²) in [6, 6.07) is 41.3. The van der Waals surface area contributed by atoms with Crippen LogP contribution in [-0.4, -0.2) is 4.98 Å². The monoisotopic (exact) mass is 621 g/mol. The summed E-state index contributed by atoms with van der Waals surface area (Å²) >= 11 is 0. The van der Waals surface area contributed by atoms with E-state index in [2.05, 4.69) is 17.1 Å². The highest BCUT2D eigenvalue weighted by molar-refractivity contribution is 8.76. The Kier molecular flexibility index (Phi) is 6.89. The Morgan fingerprint density at radius 2 is 1.02 bits per heavy atom. The molecule has 45 heavy (non-hydrogen) atoms. The molecule has 0 atom stereocenters. The van der Waals surface area contributed by atoms with Gasteiger partial charge in [0.2, 0.25) is 0 Å². The lowest BCUT2D eigenvalue weighted by Crippen LogP contribution is -1.95. The highest BCUT2D eigenvalue weighted by Gasteiger charge is 2.21. The molecule has 1 N–H and O–H groups in total. The zero-order valence-corrected chi connectivity index (χ0v) is 25.3. The number of nitrogens with one attached hydrogen (secondary N) is 1. The van der Waals surface area contributed by atoms with Gasteiger partial charge in [-0.3, -0.25) is 0 Å². The maximum absolute atomic E-state index is 13.1. The van der Waals surface area contributed by atoms with Gasteiger partial charge >= 0.3 is 11.3 Å². The fourth-order valence-corrected chi connectivity index (χ4v) is 7.71. The third kappa shape index (κ3) is 5.06. The molecule has 3 aromatic carbocycles. The molecule has 2 aliphatic carbocycles. The van der Waals surface area contributed by atoms with Crippen LogP contribution < -0.4 is 11.3 Å². The van der Waals surface area contributed by atoms with Gasteiger partial charge in [-0.15, -0.1) is 0 Å². The van der Waals surface area contributed by atoms with Crippen molar-refractivity contribution >= 4 is 32.5 Å². The molecule has 2 aliphatic heterocycles. The average Bonchev–Trinajstić information content (AvgIpc) is 3.62. The van der Waals surface area contributed by atoms with Gasteiger partial charge in [-0.05, 0) is 47.0 Å². The summed E-state index contributed by atoms with van der Waals surface area (Å²) in [5.74, 6) is 1.06. The van der Waals surface area contributed by atoms with Gasteiger partial charge in [0.1, 0.15) is 11.5 Å². The van der Waals surface area contributed by atoms with Gasteiger partial charge in [-0.1, -0.05) is 119 Å². The standard InChI is InChI=1S/C38H23NO4S2/c40-37-35(24-8-2-1-3-9-24)29-13-6-10-26(20-33(29)42-37)44-45-27-11-7-14-30-34(21-27)43-38(41)36(30)25-18-16-23(17-19-25)31-22-39-32-15-5-4-12-28(31)32/h1-22,39H. The Morgan fingerprint density at radius 1 is 0.489 bits per heavy atom. The predicted octanol–water partition coefficient (Wildman–Crippen LogP) is 10.1. The number of hydrogen-bond acceptors (Lipinski definition) is 6. The van der Waals surface area contributed by atoms with Crippen LogP contribution >= 0.6 is 21.6 Å². The second-order valence-corrected chi connectivity index (χ2v) is 12.9. The fraction of sp³-hybridized carbons (Fsp3) is 0. The lowest BCUT2D eigenvalue weighted by molar-refractivity contribution is 0.545. The Bertz CT molecular complexity index is 2370. The number of benzene rings is 3. The molecule has 3 heterocycles. The van der Waals surface area contributed by atoms with E-state index < -0.39 is 0 Å². The van der Waals surface area contributed by atoms with Crippen LogP contribution in [0.15, 0.2) is 162 Å². The molecule has 4 aliphatic rings. The second kappa shape index (κ2) is 11.4. The van der Waals surface area contributed by atoms with Gasteiger partial charge in [-0.2, -0.15) is 0 Å². The summed E-state index contributed by atoms with van der Waals surface area (Å²) < 4.78 is 11.4. The van der Waals surface area contributed by atoms with E-state index in [0.29, 0.717) is 22.6 Å². The Balaban J connectivity index is 1.04. The van der Waals surface area contributed by atoms with Crippen molar-refractivity contribution in [3.05, 3.63) is 154 Å². The number of rotatable bonds is 6. The lowest BCUT2D eigenvalue weighted by atomic mass is 9.98. The van der Waals surface area contributed by atoms with Crippen LogP contribution in [0.1, 0.15) is 0 Å². The maximum atomic E-state index is 13.1. The molecular weight excluding hydrogens is 599 g/mol. The molecule has 4 aromatic rings. The van der Waals surface area contributed by atoms with Crippen LogP contribution in [-0.2, 0) is 0 Å². The minimum absolute atomic E-state index is 0.349. The third-order valence-corrected chi connectivity index (χ3v) is 10.2. The summed E-state index contributed by atoms with van der Waals surface area (Å²) in [4.78, 5) is 31.0. The van der Waals surface area contributed by atoms with Gasteiger partial charge in [0.15, 0.2) is 0 Å². The van der Waals surface area contributed by atoms with Crippen molar-refractivity contribution in [1.82, 2.24) is 4.98 Å². The summed E-state index contributed by atoms with van der Waals surface area (Å²) in [7, 11) is 3.07. The van der Waals surface area contributed by atoms with Crippen LogP contribution in [0.25, 0.3) is 66.9 Å². The number of fused-ring (bicyclic) bond motifs is 3. The minimum atomic E-state index is -0.363. The Hall–Kier alpha value is -5.24. The van der Waals surface area contributed by atoms with Crippen molar-refractivity contribution in [2.24, 2.45) is 0 Å². The molecule has 0 radical (unpaired) electrons. The van der Waals surface area contributed by atoms with E-state index in [9.17, 15) is 9.59 Å².